The van der Waals surface area contributed by atoms with E-state index < -0.39 is 11.9 Å². The molecule has 0 radical (unpaired) electrons. The average molecular weight is 333 g/mol. The Bertz CT molecular complexity index is 699. The Labute approximate surface area is 141 Å². The molecule has 6 heteroatoms. The summed E-state index contributed by atoms with van der Waals surface area (Å²) in [5.74, 6) is -0.476. The number of nitrogens with one attached hydrogen (secondary N) is 1. The number of aromatic nitrogens is 2. The van der Waals surface area contributed by atoms with Crippen LogP contribution in [0.1, 0.15) is 36.4 Å². The van der Waals surface area contributed by atoms with E-state index in [2.05, 4.69) is 10.4 Å². The van der Waals surface area contributed by atoms with Gasteiger partial charge in [0.05, 0.1) is 18.2 Å². The van der Waals surface area contributed by atoms with Gasteiger partial charge in [0, 0.05) is 18.8 Å². The van der Waals surface area contributed by atoms with Crippen molar-refractivity contribution in [2.45, 2.75) is 39.8 Å². The fraction of sp³-hybridized carbons (Fsp3) is 0.444. The highest BCUT2D eigenvalue weighted by Crippen LogP contribution is 2.17. The van der Waals surface area contributed by atoms with E-state index in [0.717, 1.165) is 11.4 Å². The molecular weight excluding hydrogens is 309 g/mol. The summed E-state index contributed by atoms with van der Waals surface area (Å²) in [6, 6.07) is 7.68. The van der Waals surface area contributed by atoms with Crippen molar-refractivity contribution in [1.29, 1.82) is 0 Å². The van der Waals surface area contributed by atoms with E-state index in [-0.39, 0.29) is 18.2 Å². The molecule has 0 bridgehead atoms. The van der Waals surface area contributed by atoms with Gasteiger partial charge in [0.2, 0.25) is 5.91 Å². The number of carbonyl (C=O) groups excluding carboxylic acids is 1. The van der Waals surface area contributed by atoms with Crippen LogP contribution in [-0.2, 0) is 11.3 Å². The molecule has 0 aliphatic rings. The number of rotatable bonds is 7. The van der Waals surface area contributed by atoms with Crippen LogP contribution in [0.4, 0.5) is 4.39 Å². The molecule has 1 aromatic heterocycles. The molecule has 0 aliphatic carbocycles. The van der Waals surface area contributed by atoms with Crippen LogP contribution < -0.4 is 5.32 Å². The highest BCUT2D eigenvalue weighted by Gasteiger charge is 2.15. The molecule has 0 aliphatic heterocycles. The van der Waals surface area contributed by atoms with Gasteiger partial charge in [-0.2, -0.15) is 5.10 Å². The summed E-state index contributed by atoms with van der Waals surface area (Å²) in [4.78, 5) is 12.0. The van der Waals surface area contributed by atoms with E-state index in [4.69, 9.17) is 0 Å². The molecule has 2 aromatic rings. The molecule has 0 spiro atoms. The molecule has 0 fully saturated rings. The second kappa shape index (κ2) is 8.06. The zero-order valence-electron chi connectivity index (χ0n) is 14.3. The van der Waals surface area contributed by atoms with Crippen molar-refractivity contribution in [1.82, 2.24) is 15.1 Å². The number of amides is 1. The number of nitrogens with zero attached hydrogens (tertiary/aromatic N) is 2. The van der Waals surface area contributed by atoms with E-state index in [0.29, 0.717) is 18.7 Å². The maximum atomic E-state index is 13.1. The van der Waals surface area contributed by atoms with Crippen molar-refractivity contribution in [3.8, 4) is 0 Å². The summed E-state index contributed by atoms with van der Waals surface area (Å²) < 4.78 is 15.1. The highest BCUT2D eigenvalue weighted by atomic mass is 19.1. The van der Waals surface area contributed by atoms with Gasteiger partial charge in [0.15, 0.2) is 0 Å². The average Bonchev–Trinajstić information content (AvgIpc) is 2.83. The van der Waals surface area contributed by atoms with Crippen LogP contribution in [0.2, 0.25) is 0 Å². The third kappa shape index (κ3) is 5.16. The second-order valence-electron chi connectivity index (χ2n) is 6.29. The Kier molecular flexibility index (Phi) is 6.09. The van der Waals surface area contributed by atoms with Crippen molar-refractivity contribution in [3.05, 3.63) is 53.1 Å². The molecule has 24 heavy (non-hydrogen) atoms. The van der Waals surface area contributed by atoms with E-state index in [1.54, 1.807) is 6.07 Å². The minimum absolute atomic E-state index is 0.0872. The van der Waals surface area contributed by atoms with Crippen molar-refractivity contribution in [2.24, 2.45) is 5.92 Å². The fourth-order valence-electron chi connectivity index (χ4n) is 2.59. The number of aliphatic hydroxyl groups excluding tert-OH is 1. The molecule has 2 N–H and O–H groups in total. The molecule has 2 unspecified atom stereocenters. The Morgan fingerprint density at radius 3 is 2.75 bits per heavy atom. The van der Waals surface area contributed by atoms with Crippen LogP contribution in [0.25, 0.3) is 0 Å². The van der Waals surface area contributed by atoms with Crippen molar-refractivity contribution in [2.75, 3.05) is 6.54 Å². The number of benzene rings is 1. The summed E-state index contributed by atoms with van der Waals surface area (Å²) in [6.45, 7) is 7.18. The molecule has 1 heterocycles. The number of carbonyl (C=O) groups is 1. The van der Waals surface area contributed by atoms with E-state index >= 15 is 0 Å². The molecule has 2 atom stereocenters. The lowest BCUT2D eigenvalue weighted by Gasteiger charge is -2.15. The largest absolute Gasteiger partial charge is 0.388 e. The Balaban J connectivity index is 1.79. The SMILES string of the molecule is Cc1cc(C)n(CC(C)CNC(=O)CC(O)c2cccc(F)c2)n1. The Morgan fingerprint density at radius 1 is 1.38 bits per heavy atom. The van der Waals surface area contributed by atoms with Gasteiger partial charge < -0.3 is 10.4 Å². The zero-order chi connectivity index (χ0) is 17.7. The van der Waals surface area contributed by atoms with Gasteiger partial charge in [0.25, 0.3) is 0 Å². The molecule has 1 amide bonds. The second-order valence-corrected chi connectivity index (χ2v) is 6.29. The van der Waals surface area contributed by atoms with Crippen LogP contribution in [0.3, 0.4) is 0 Å². The van der Waals surface area contributed by atoms with Gasteiger partial charge in [0.1, 0.15) is 5.82 Å². The van der Waals surface area contributed by atoms with Gasteiger partial charge in [-0.25, -0.2) is 4.39 Å². The summed E-state index contributed by atoms with van der Waals surface area (Å²) in [7, 11) is 0. The summed E-state index contributed by atoms with van der Waals surface area (Å²) in [6.07, 6.45) is -1.09. The first-order valence-electron chi connectivity index (χ1n) is 8.06. The van der Waals surface area contributed by atoms with Crippen LogP contribution in [0, 0.1) is 25.6 Å². The van der Waals surface area contributed by atoms with Gasteiger partial charge in [-0.15, -0.1) is 0 Å². The molecule has 1 aromatic carbocycles. The van der Waals surface area contributed by atoms with Crippen molar-refractivity contribution in [3.63, 3.8) is 0 Å². The number of aliphatic hydroxyl groups is 1. The topological polar surface area (TPSA) is 67.2 Å². The van der Waals surface area contributed by atoms with E-state index in [1.165, 1.54) is 18.2 Å². The predicted molar refractivity (Wildman–Crippen MR) is 89.9 cm³/mol. The fourth-order valence-corrected chi connectivity index (χ4v) is 2.59. The van der Waals surface area contributed by atoms with Crippen LogP contribution in [0.5, 0.6) is 0 Å². The summed E-state index contributed by atoms with van der Waals surface area (Å²) in [5, 5.41) is 17.2. The van der Waals surface area contributed by atoms with E-state index in [1.807, 2.05) is 31.5 Å². The highest BCUT2D eigenvalue weighted by molar-refractivity contribution is 5.76. The molecule has 2 rings (SSSR count). The normalized spacial score (nSPS) is 13.5. The van der Waals surface area contributed by atoms with Crippen LogP contribution >= 0.6 is 0 Å². The van der Waals surface area contributed by atoms with Gasteiger partial charge >= 0.3 is 0 Å². The molecule has 5 nitrogen and oxygen atoms in total. The predicted octanol–water partition coefficient (Wildman–Crippen LogP) is 2.52. The lowest BCUT2D eigenvalue weighted by molar-refractivity contribution is -0.123. The lowest BCUT2D eigenvalue weighted by atomic mass is 10.1. The Hall–Kier alpha value is -2.21. The summed E-state index contributed by atoms with van der Waals surface area (Å²) >= 11 is 0. The minimum Gasteiger partial charge on any atom is -0.388 e. The quantitative estimate of drug-likeness (QED) is 0.818. The van der Waals surface area contributed by atoms with Gasteiger partial charge in [-0.05, 0) is 43.5 Å². The maximum absolute atomic E-state index is 13.1. The standard InChI is InChI=1S/C18H24FN3O2/c1-12(11-22-14(3)7-13(2)21-22)10-20-18(24)9-17(23)15-5-4-6-16(19)8-15/h4-8,12,17,23H,9-11H2,1-3H3,(H,20,24). The number of halogens is 1. The minimum atomic E-state index is -1.01. The number of aryl methyl sites for hydroxylation is 2. The molecule has 0 saturated heterocycles. The third-order valence-corrected chi connectivity index (χ3v) is 3.85. The lowest BCUT2D eigenvalue weighted by Crippen LogP contribution is -2.31. The zero-order valence-corrected chi connectivity index (χ0v) is 14.3. The first-order valence-corrected chi connectivity index (χ1v) is 8.06. The van der Waals surface area contributed by atoms with E-state index in [9.17, 15) is 14.3 Å². The summed E-state index contributed by atoms with van der Waals surface area (Å²) in [5.41, 5.74) is 2.47. The van der Waals surface area contributed by atoms with Crippen LogP contribution in [0.15, 0.2) is 30.3 Å². The molecule has 130 valence electrons. The number of hydrogen-bond acceptors (Lipinski definition) is 3. The molecule has 0 saturated carbocycles. The smallest absolute Gasteiger partial charge is 0.222 e. The van der Waals surface area contributed by atoms with Crippen molar-refractivity contribution >= 4 is 5.91 Å². The number of hydrogen-bond donors (Lipinski definition) is 2. The van der Waals surface area contributed by atoms with Gasteiger partial charge in [-0.3, -0.25) is 9.48 Å². The maximum Gasteiger partial charge on any atom is 0.222 e. The van der Waals surface area contributed by atoms with Crippen molar-refractivity contribution < 1.29 is 14.3 Å². The molecular formula is C18H24FN3O2. The van der Waals surface area contributed by atoms with Gasteiger partial charge in [-0.1, -0.05) is 19.1 Å². The monoisotopic (exact) mass is 333 g/mol. The van der Waals surface area contributed by atoms with Crippen LogP contribution in [-0.4, -0.2) is 27.3 Å². The third-order valence-electron chi connectivity index (χ3n) is 3.85. The Morgan fingerprint density at radius 2 is 2.12 bits per heavy atom. The first-order chi connectivity index (χ1) is 11.3. The first kappa shape index (κ1) is 18.1.